The second-order valence-electron chi connectivity index (χ2n) is 2.60. The molecule has 14 heavy (non-hydrogen) atoms. The SMILES string of the molecule is COc1c(F)cc(C=CCO)cc1Br. The van der Waals surface area contributed by atoms with E-state index >= 15 is 0 Å². The minimum absolute atomic E-state index is 0.0642. The van der Waals surface area contributed by atoms with Crippen molar-refractivity contribution in [1.82, 2.24) is 0 Å². The van der Waals surface area contributed by atoms with Crippen molar-refractivity contribution in [2.75, 3.05) is 13.7 Å². The third-order valence-electron chi connectivity index (χ3n) is 1.64. The Labute approximate surface area is 90.1 Å². The van der Waals surface area contributed by atoms with Crippen molar-refractivity contribution in [3.8, 4) is 5.75 Å². The van der Waals surface area contributed by atoms with E-state index < -0.39 is 5.82 Å². The average Bonchev–Trinajstić information content (AvgIpc) is 2.14. The highest BCUT2D eigenvalue weighted by Crippen LogP contribution is 2.29. The predicted molar refractivity (Wildman–Crippen MR) is 56.8 cm³/mol. The molecule has 1 N–H and O–H groups in total. The van der Waals surface area contributed by atoms with Gasteiger partial charge in [0.2, 0.25) is 0 Å². The molecular weight excluding hydrogens is 251 g/mol. The van der Waals surface area contributed by atoms with Crippen LogP contribution < -0.4 is 4.74 Å². The van der Waals surface area contributed by atoms with Gasteiger partial charge in [0.05, 0.1) is 18.2 Å². The first kappa shape index (κ1) is 11.2. The predicted octanol–water partition coefficient (Wildman–Crippen LogP) is 2.60. The van der Waals surface area contributed by atoms with Gasteiger partial charge in [-0.15, -0.1) is 0 Å². The molecule has 0 aliphatic carbocycles. The first-order valence-electron chi connectivity index (χ1n) is 3.99. The van der Waals surface area contributed by atoms with E-state index in [1.54, 1.807) is 12.1 Å². The highest BCUT2D eigenvalue weighted by Gasteiger charge is 2.07. The van der Waals surface area contributed by atoms with Crippen LogP contribution in [0, 0.1) is 5.82 Å². The summed E-state index contributed by atoms with van der Waals surface area (Å²) in [6.07, 6.45) is 3.17. The molecular formula is C10H10BrFO2. The molecule has 0 bridgehead atoms. The van der Waals surface area contributed by atoms with E-state index in [-0.39, 0.29) is 12.4 Å². The molecule has 0 fully saturated rings. The summed E-state index contributed by atoms with van der Waals surface area (Å²) in [6, 6.07) is 3.06. The second-order valence-corrected chi connectivity index (χ2v) is 3.46. The van der Waals surface area contributed by atoms with E-state index in [9.17, 15) is 4.39 Å². The van der Waals surface area contributed by atoms with Crippen LogP contribution in [0.25, 0.3) is 6.08 Å². The summed E-state index contributed by atoms with van der Waals surface area (Å²) in [5, 5.41) is 8.55. The zero-order valence-corrected chi connectivity index (χ0v) is 9.21. The summed E-state index contributed by atoms with van der Waals surface area (Å²) in [5.74, 6) is -0.245. The number of halogens is 2. The van der Waals surface area contributed by atoms with Crippen molar-refractivity contribution < 1.29 is 14.2 Å². The monoisotopic (exact) mass is 260 g/mol. The summed E-state index contributed by atoms with van der Waals surface area (Å²) in [4.78, 5) is 0. The minimum Gasteiger partial charge on any atom is -0.492 e. The van der Waals surface area contributed by atoms with Crippen molar-refractivity contribution in [3.63, 3.8) is 0 Å². The Hall–Kier alpha value is -0.870. The van der Waals surface area contributed by atoms with Gasteiger partial charge in [0.15, 0.2) is 11.6 Å². The molecule has 0 aromatic heterocycles. The van der Waals surface area contributed by atoms with Gasteiger partial charge in [-0.1, -0.05) is 12.2 Å². The fourth-order valence-corrected chi connectivity index (χ4v) is 1.68. The quantitative estimate of drug-likeness (QED) is 0.906. The van der Waals surface area contributed by atoms with E-state index in [0.29, 0.717) is 10.0 Å². The van der Waals surface area contributed by atoms with Crippen LogP contribution in [-0.2, 0) is 0 Å². The summed E-state index contributed by atoms with van der Waals surface area (Å²) in [5.41, 5.74) is 0.671. The third kappa shape index (κ3) is 2.56. The second kappa shape index (κ2) is 5.12. The Balaban J connectivity index is 3.07. The van der Waals surface area contributed by atoms with Gasteiger partial charge >= 0.3 is 0 Å². The van der Waals surface area contributed by atoms with E-state index in [4.69, 9.17) is 9.84 Å². The topological polar surface area (TPSA) is 29.5 Å². The van der Waals surface area contributed by atoms with Gasteiger partial charge in [-0.3, -0.25) is 0 Å². The molecule has 76 valence electrons. The maximum absolute atomic E-state index is 13.3. The lowest BCUT2D eigenvalue weighted by Crippen LogP contribution is -1.90. The molecule has 1 aromatic rings. The van der Waals surface area contributed by atoms with Crippen molar-refractivity contribution >= 4 is 22.0 Å². The standard InChI is InChI=1S/C10H10BrFO2/c1-14-10-8(11)5-7(3-2-4-13)6-9(10)12/h2-3,5-6,13H,4H2,1H3. The first-order valence-corrected chi connectivity index (χ1v) is 4.78. The first-order chi connectivity index (χ1) is 6.69. The fourth-order valence-electron chi connectivity index (χ4n) is 1.06. The molecule has 0 aliphatic rings. The molecule has 0 aliphatic heterocycles. The summed E-state index contributed by atoms with van der Waals surface area (Å²) in [6.45, 7) is -0.0642. The van der Waals surface area contributed by atoms with Gasteiger partial charge in [-0.05, 0) is 33.6 Å². The lowest BCUT2D eigenvalue weighted by molar-refractivity contribution is 0.343. The van der Waals surface area contributed by atoms with Crippen LogP contribution in [-0.4, -0.2) is 18.8 Å². The minimum atomic E-state index is -0.431. The summed E-state index contributed by atoms with van der Waals surface area (Å²) in [7, 11) is 1.41. The number of hydrogen-bond acceptors (Lipinski definition) is 2. The van der Waals surface area contributed by atoms with Gasteiger partial charge in [0, 0.05) is 0 Å². The molecule has 4 heteroatoms. The van der Waals surface area contributed by atoms with Gasteiger partial charge < -0.3 is 9.84 Å². The van der Waals surface area contributed by atoms with Crippen LogP contribution in [0.3, 0.4) is 0 Å². The molecule has 2 nitrogen and oxygen atoms in total. The zero-order valence-electron chi connectivity index (χ0n) is 7.63. The highest BCUT2D eigenvalue weighted by molar-refractivity contribution is 9.10. The highest BCUT2D eigenvalue weighted by atomic mass is 79.9. The van der Waals surface area contributed by atoms with Crippen LogP contribution >= 0.6 is 15.9 Å². The Bertz CT molecular complexity index is 327. The summed E-state index contributed by atoms with van der Waals surface area (Å²) < 4.78 is 18.7. The van der Waals surface area contributed by atoms with Gasteiger partial charge in [-0.2, -0.15) is 0 Å². The number of rotatable bonds is 3. The van der Waals surface area contributed by atoms with Crippen LogP contribution in [0.2, 0.25) is 0 Å². The molecule has 0 spiro atoms. The van der Waals surface area contributed by atoms with Crippen LogP contribution in [0.5, 0.6) is 5.75 Å². The van der Waals surface area contributed by atoms with Gasteiger partial charge in [0.1, 0.15) is 0 Å². The van der Waals surface area contributed by atoms with E-state index in [1.807, 2.05) is 0 Å². The molecule has 0 amide bonds. The third-order valence-corrected chi connectivity index (χ3v) is 2.23. The van der Waals surface area contributed by atoms with Crippen LogP contribution in [0.1, 0.15) is 5.56 Å². The maximum atomic E-state index is 13.3. The lowest BCUT2D eigenvalue weighted by Gasteiger charge is -2.05. The molecule has 0 unspecified atom stereocenters. The van der Waals surface area contributed by atoms with E-state index in [2.05, 4.69) is 15.9 Å². The van der Waals surface area contributed by atoms with Crippen LogP contribution in [0.15, 0.2) is 22.7 Å². The van der Waals surface area contributed by atoms with Crippen molar-refractivity contribution in [1.29, 1.82) is 0 Å². The fraction of sp³-hybridized carbons (Fsp3) is 0.200. The average molecular weight is 261 g/mol. The number of methoxy groups -OCH3 is 1. The molecule has 0 saturated heterocycles. The normalized spacial score (nSPS) is 10.9. The number of ether oxygens (including phenoxy) is 1. The Morgan fingerprint density at radius 3 is 2.79 bits per heavy atom. The van der Waals surface area contributed by atoms with Crippen molar-refractivity contribution in [2.24, 2.45) is 0 Å². The largest absolute Gasteiger partial charge is 0.492 e. The number of aliphatic hydroxyl groups is 1. The van der Waals surface area contributed by atoms with Gasteiger partial charge in [0.25, 0.3) is 0 Å². The summed E-state index contributed by atoms with van der Waals surface area (Å²) >= 11 is 3.19. The Morgan fingerprint density at radius 2 is 2.29 bits per heavy atom. The van der Waals surface area contributed by atoms with Gasteiger partial charge in [-0.25, -0.2) is 4.39 Å². The molecule has 0 saturated carbocycles. The van der Waals surface area contributed by atoms with E-state index in [0.717, 1.165) is 0 Å². The molecule has 0 atom stereocenters. The molecule has 1 rings (SSSR count). The maximum Gasteiger partial charge on any atom is 0.168 e. The number of hydrogen-bond donors (Lipinski definition) is 1. The molecule has 1 aromatic carbocycles. The smallest absolute Gasteiger partial charge is 0.168 e. The number of benzene rings is 1. The molecule has 0 heterocycles. The Kier molecular flexibility index (Phi) is 4.10. The van der Waals surface area contributed by atoms with Crippen molar-refractivity contribution in [3.05, 3.63) is 34.1 Å². The molecule has 0 radical (unpaired) electrons. The van der Waals surface area contributed by atoms with Crippen LogP contribution in [0.4, 0.5) is 4.39 Å². The Morgan fingerprint density at radius 1 is 1.57 bits per heavy atom. The lowest BCUT2D eigenvalue weighted by atomic mass is 10.2. The zero-order chi connectivity index (χ0) is 10.6. The number of aliphatic hydroxyl groups excluding tert-OH is 1. The van der Waals surface area contributed by atoms with Crippen molar-refractivity contribution in [2.45, 2.75) is 0 Å². The van der Waals surface area contributed by atoms with E-state index in [1.165, 1.54) is 19.3 Å².